The van der Waals surface area contributed by atoms with Crippen molar-refractivity contribution in [2.24, 2.45) is 0 Å². The summed E-state index contributed by atoms with van der Waals surface area (Å²) in [4.78, 5) is 17.5. The van der Waals surface area contributed by atoms with Crippen LogP contribution in [-0.4, -0.2) is 25.1 Å². The van der Waals surface area contributed by atoms with Gasteiger partial charge in [0, 0.05) is 11.4 Å². The summed E-state index contributed by atoms with van der Waals surface area (Å²) in [7, 11) is -3.34. The van der Waals surface area contributed by atoms with Crippen LogP contribution in [0.15, 0.2) is 40.8 Å². The maximum absolute atomic E-state index is 12.6. The molecule has 2 aromatic heterocycles. The molecule has 7 nitrogen and oxygen atoms in total. The van der Waals surface area contributed by atoms with Gasteiger partial charge in [-0.05, 0) is 56.7 Å². The lowest BCUT2D eigenvalue weighted by atomic mass is 10.3. The van der Waals surface area contributed by atoms with Gasteiger partial charge in [0.2, 0.25) is 10.0 Å². The molecule has 2 N–H and O–H groups in total. The highest BCUT2D eigenvalue weighted by molar-refractivity contribution is 7.92. The number of aryl methyl sites for hydroxylation is 2. The molecule has 3 rings (SSSR count). The number of hydrogen-bond donors (Lipinski definition) is 2. The Bertz CT molecular complexity index is 1080. The summed E-state index contributed by atoms with van der Waals surface area (Å²) in [5.74, 6) is 1.20. The number of nitrogens with one attached hydrogen (secondary N) is 2. The number of hydrogen-bond acceptors (Lipinski definition) is 6. The SMILES string of the molecule is CCCS(=O)(=O)Nc1ccc(NC(=O)c2sc(-c3ccc(C)o3)nc2C)cc1. The fraction of sp³-hybridized carbons (Fsp3) is 0.263. The predicted molar refractivity (Wildman–Crippen MR) is 111 cm³/mol. The van der Waals surface area contributed by atoms with Crippen LogP contribution in [0, 0.1) is 13.8 Å². The second-order valence-electron chi connectivity index (χ2n) is 6.30. The van der Waals surface area contributed by atoms with Gasteiger partial charge in [0.25, 0.3) is 5.91 Å². The number of aromatic nitrogens is 1. The Labute approximate surface area is 167 Å². The molecule has 0 aliphatic carbocycles. The Morgan fingerprint density at radius 3 is 2.39 bits per heavy atom. The molecule has 148 valence electrons. The van der Waals surface area contributed by atoms with E-state index in [0.29, 0.717) is 39.1 Å². The van der Waals surface area contributed by atoms with Crippen molar-refractivity contribution in [1.29, 1.82) is 0 Å². The fourth-order valence-electron chi connectivity index (χ4n) is 2.57. The number of rotatable bonds is 7. The molecule has 0 radical (unpaired) electrons. The van der Waals surface area contributed by atoms with E-state index in [1.165, 1.54) is 11.3 Å². The summed E-state index contributed by atoms with van der Waals surface area (Å²) in [5, 5.41) is 3.46. The number of carbonyl (C=O) groups excluding carboxylic acids is 1. The molecule has 3 aromatic rings. The molecular formula is C19H21N3O4S2. The first-order chi connectivity index (χ1) is 13.3. The van der Waals surface area contributed by atoms with Crippen LogP contribution < -0.4 is 10.0 Å². The van der Waals surface area contributed by atoms with Crippen LogP contribution in [0.2, 0.25) is 0 Å². The first-order valence-corrected chi connectivity index (χ1v) is 11.2. The summed E-state index contributed by atoms with van der Waals surface area (Å²) in [5.41, 5.74) is 1.64. The monoisotopic (exact) mass is 419 g/mol. The Morgan fingerprint density at radius 1 is 1.11 bits per heavy atom. The standard InChI is InChI=1S/C19H21N3O4S2/c1-4-11-28(24,25)22-15-8-6-14(7-9-15)21-18(23)17-13(3)20-19(27-17)16-10-5-12(2)26-16/h5-10,22H,4,11H2,1-3H3,(H,21,23). The molecule has 28 heavy (non-hydrogen) atoms. The first kappa shape index (κ1) is 20.1. The van der Waals surface area contributed by atoms with Crippen molar-refractivity contribution in [2.45, 2.75) is 27.2 Å². The lowest BCUT2D eigenvalue weighted by Crippen LogP contribution is -2.16. The van der Waals surface area contributed by atoms with Crippen molar-refractivity contribution < 1.29 is 17.6 Å². The average Bonchev–Trinajstić information content (AvgIpc) is 3.22. The zero-order chi connectivity index (χ0) is 20.3. The third-order valence-corrected chi connectivity index (χ3v) is 6.51. The van der Waals surface area contributed by atoms with Gasteiger partial charge in [-0.15, -0.1) is 11.3 Å². The summed E-state index contributed by atoms with van der Waals surface area (Å²) in [6, 6.07) is 10.2. The van der Waals surface area contributed by atoms with Gasteiger partial charge in [0.15, 0.2) is 10.8 Å². The lowest BCUT2D eigenvalue weighted by Gasteiger charge is -2.08. The third kappa shape index (κ3) is 4.79. The highest BCUT2D eigenvalue weighted by Crippen LogP contribution is 2.30. The molecule has 0 aliphatic heterocycles. The van der Waals surface area contributed by atoms with Crippen LogP contribution >= 0.6 is 11.3 Å². The number of nitrogens with zero attached hydrogens (tertiary/aromatic N) is 1. The van der Waals surface area contributed by atoms with Gasteiger partial charge in [0.05, 0.1) is 11.4 Å². The van der Waals surface area contributed by atoms with E-state index in [9.17, 15) is 13.2 Å². The molecule has 0 fully saturated rings. The average molecular weight is 420 g/mol. The summed E-state index contributed by atoms with van der Waals surface area (Å²) >= 11 is 1.26. The normalized spacial score (nSPS) is 11.4. The Hall–Kier alpha value is -2.65. The third-order valence-electron chi connectivity index (χ3n) is 3.84. The molecule has 0 spiro atoms. The quantitative estimate of drug-likeness (QED) is 0.590. The molecule has 1 aromatic carbocycles. The highest BCUT2D eigenvalue weighted by atomic mass is 32.2. The second kappa shape index (κ2) is 8.15. The number of furan rings is 1. The van der Waals surface area contributed by atoms with E-state index in [1.807, 2.05) is 19.1 Å². The topological polar surface area (TPSA) is 101 Å². The van der Waals surface area contributed by atoms with Crippen LogP contribution in [0.3, 0.4) is 0 Å². The van der Waals surface area contributed by atoms with E-state index in [2.05, 4.69) is 15.0 Å². The van der Waals surface area contributed by atoms with E-state index in [-0.39, 0.29) is 11.7 Å². The van der Waals surface area contributed by atoms with Crippen molar-refractivity contribution >= 4 is 38.6 Å². The highest BCUT2D eigenvalue weighted by Gasteiger charge is 2.18. The molecule has 1 amide bonds. The van der Waals surface area contributed by atoms with E-state index in [4.69, 9.17) is 4.42 Å². The van der Waals surface area contributed by atoms with Crippen LogP contribution in [0.1, 0.15) is 34.5 Å². The van der Waals surface area contributed by atoms with E-state index < -0.39 is 10.0 Å². The molecule has 0 aliphatic rings. The number of amides is 1. The minimum Gasteiger partial charge on any atom is -0.459 e. The molecule has 0 atom stereocenters. The minimum atomic E-state index is -3.34. The number of benzene rings is 1. The predicted octanol–water partition coefficient (Wildman–Crippen LogP) is 4.42. The van der Waals surface area contributed by atoms with Crippen molar-refractivity contribution in [3.05, 3.63) is 52.7 Å². The molecule has 2 heterocycles. The van der Waals surface area contributed by atoms with E-state index in [1.54, 1.807) is 38.1 Å². The van der Waals surface area contributed by atoms with Crippen LogP contribution in [0.4, 0.5) is 11.4 Å². The van der Waals surface area contributed by atoms with Crippen LogP contribution in [-0.2, 0) is 10.0 Å². The minimum absolute atomic E-state index is 0.0632. The van der Waals surface area contributed by atoms with Gasteiger partial charge in [-0.25, -0.2) is 13.4 Å². The zero-order valence-corrected chi connectivity index (χ0v) is 17.4. The number of carbonyl (C=O) groups is 1. The molecule has 0 saturated carbocycles. The number of sulfonamides is 1. The van der Waals surface area contributed by atoms with Gasteiger partial charge in [-0.3, -0.25) is 9.52 Å². The fourth-order valence-corrected chi connectivity index (χ4v) is 4.63. The van der Waals surface area contributed by atoms with Crippen molar-refractivity contribution in [1.82, 2.24) is 4.98 Å². The zero-order valence-electron chi connectivity index (χ0n) is 15.8. The van der Waals surface area contributed by atoms with Crippen molar-refractivity contribution in [2.75, 3.05) is 15.8 Å². The lowest BCUT2D eigenvalue weighted by molar-refractivity contribution is 0.103. The van der Waals surface area contributed by atoms with E-state index in [0.717, 1.165) is 5.76 Å². The largest absolute Gasteiger partial charge is 0.459 e. The maximum atomic E-state index is 12.6. The van der Waals surface area contributed by atoms with Gasteiger partial charge in [-0.1, -0.05) is 6.92 Å². The molecule has 9 heteroatoms. The Balaban J connectivity index is 1.70. The Morgan fingerprint density at radius 2 is 1.79 bits per heavy atom. The molecule has 0 bridgehead atoms. The van der Waals surface area contributed by atoms with Gasteiger partial charge in [-0.2, -0.15) is 0 Å². The van der Waals surface area contributed by atoms with Crippen LogP contribution in [0.5, 0.6) is 0 Å². The second-order valence-corrected chi connectivity index (χ2v) is 9.14. The maximum Gasteiger partial charge on any atom is 0.267 e. The van der Waals surface area contributed by atoms with Gasteiger partial charge >= 0.3 is 0 Å². The van der Waals surface area contributed by atoms with Crippen molar-refractivity contribution in [3.63, 3.8) is 0 Å². The van der Waals surface area contributed by atoms with Crippen molar-refractivity contribution in [3.8, 4) is 10.8 Å². The molecule has 0 unspecified atom stereocenters. The van der Waals surface area contributed by atoms with Crippen LogP contribution in [0.25, 0.3) is 10.8 Å². The Kier molecular flexibility index (Phi) is 5.85. The van der Waals surface area contributed by atoms with E-state index >= 15 is 0 Å². The summed E-state index contributed by atoms with van der Waals surface area (Å²) in [6.07, 6.45) is 0.539. The smallest absolute Gasteiger partial charge is 0.267 e. The number of thiazole rings is 1. The summed E-state index contributed by atoms with van der Waals surface area (Å²) < 4.78 is 31.7. The first-order valence-electron chi connectivity index (χ1n) is 8.73. The number of anilines is 2. The molecule has 0 saturated heterocycles. The van der Waals surface area contributed by atoms with Gasteiger partial charge < -0.3 is 9.73 Å². The summed E-state index contributed by atoms with van der Waals surface area (Å²) in [6.45, 7) is 5.43. The van der Waals surface area contributed by atoms with Gasteiger partial charge in [0.1, 0.15) is 10.6 Å². The molecular weight excluding hydrogens is 398 g/mol.